The Bertz CT molecular complexity index is 1630. The number of rotatable bonds is 9. The van der Waals surface area contributed by atoms with Crippen molar-refractivity contribution in [2.45, 2.75) is 22.3 Å². The number of hydrogen-bond acceptors (Lipinski definition) is 5. The molecule has 8 nitrogen and oxygen atoms in total. The Kier molecular flexibility index (Phi) is 9.18. The van der Waals surface area contributed by atoms with E-state index in [1.807, 2.05) is 18.2 Å². The second-order valence-electron chi connectivity index (χ2n) is 8.05. The molecule has 0 spiro atoms. The van der Waals surface area contributed by atoms with E-state index in [0.717, 1.165) is 14.3 Å². The monoisotopic (exact) mass is 671 g/mol. The molecule has 194 valence electrons. The van der Waals surface area contributed by atoms with Crippen LogP contribution in [-0.4, -0.2) is 28.8 Å². The molecule has 0 aromatic heterocycles. The van der Waals surface area contributed by atoms with E-state index < -0.39 is 32.0 Å². The van der Waals surface area contributed by atoms with Gasteiger partial charge >= 0.3 is 0 Å². The van der Waals surface area contributed by atoms with Crippen molar-refractivity contribution in [3.63, 3.8) is 0 Å². The molecule has 4 aromatic carbocycles. The van der Waals surface area contributed by atoms with Crippen molar-refractivity contribution < 1.29 is 21.6 Å². The largest absolute Gasteiger partial charge is 0.368 e. The lowest BCUT2D eigenvalue weighted by atomic mass is 10.1. The summed E-state index contributed by atoms with van der Waals surface area (Å²) in [5, 5.41) is 1.64. The first kappa shape index (κ1) is 28.9. The van der Waals surface area contributed by atoms with E-state index in [1.165, 1.54) is 36.4 Å². The Labute approximate surface area is 235 Å². The topological polar surface area (TPSA) is 135 Å². The van der Waals surface area contributed by atoms with Gasteiger partial charge < -0.3 is 5.73 Å². The van der Waals surface area contributed by atoms with Crippen LogP contribution in [0.15, 0.2) is 101 Å². The maximum absolute atomic E-state index is 13.0. The summed E-state index contributed by atoms with van der Waals surface area (Å²) < 4.78 is 56.9. The Morgan fingerprint density at radius 2 is 1.38 bits per heavy atom. The molecule has 0 radical (unpaired) electrons. The lowest BCUT2D eigenvalue weighted by molar-refractivity contribution is -0.119. The molecule has 0 aliphatic carbocycles. The first-order chi connectivity index (χ1) is 17.0. The smallest absolute Gasteiger partial charge is 0.261 e. The Morgan fingerprint density at radius 1 is 0.784 bits per heavy atom. The third-order valence-electron chi connectivity index (χ3n) is 5.44. The van der Waals surface area contributed by atoms with Gasteiger partial charge in [-0.3, -0.25) is 9.52 Å². The number of carbonyl (C=O) groups is 1. The van der Waals surface area contributed by atoms with Crippen molar-refractivity contribution in [1.29, 1.82) is 0 Å². The molecule has 4 N–H and O–H groups in total. The van der Waals surface area contributed by atoms with Crippen LogP contribution >= 0.6 is 35.0 Å². The van der Waals surface area contributed by atoms with Gasteiger partial charge in [-0.25, -0.2) is 16.8 Å². The van der Waals surface area contributed by atoms with Gasteiger partial charge in [-0.1, -0.05) is 42.5 Å². The summed E-state index contributed by atoms with van der Waals surface area (Å²) >= 11 is 2.09. The number of carbonyl (C=O) groups excluding carboxylic acids is 1. The van der Waals surface area contributed by atoms with E-state index >= 15 is 0 Å². The van der Waals surface area contributed by atoms with Crippen LogP contribution in [-0.2, 0) is 31.3 Å². The Balaban J connectivity index is 0.00000380. The number of nitrogens with one attached hydrogen (secondary N) is 2. The van der Waals surface area contributed by atoms with Crippen molar-refractivity contribution in [2.75, 3.05) is 4.72 Å². The molecule has 0 heterocycles. The fourth-order valence-electron chi connectivity index (χ4n) is 3.56. The average molecular weight is 672 g/mol. The van der Waals surface area contributed by atoms with Gasteiger partial charge in [-0.15, -0.1) is 12.4 Å². The summed E-state index contributed by atoms with van der Waals surface area (Å²) in [6, 6.07) is 23.5. The zero-order valence-corrected chi connectivity index (χ0v) is 23.8. The van der Waals surface area contributed by atoms with Crippen LogP contribution in [0.5, 0.6) is 0 Å². The summed E-state index contributed by atoms with van der Waals surface area (Å²) in [7, 11) is -7.79. The number of primary amides is 1. The number of anilines is 1. The molecule has 0 fully saturated rings. The predicted octanol–water partition coefficient (Wildman–Crippen LogP) is 4.04. The predicted molar refractivity (Wildman–Crippen MR) is 155 cm³/mol. The van der Waals surface area contributed by atoms with Crippen LogP contribution < -0.4 is 15.2 Å². The van der Waals surface area contributed by atoms with Crippen molar-refractivity contribution in [1.82, 2.24) is 4.72 Å². The summed E-state index contributed by atoms with van der Waals surface area (Å²) in [5.74, 6) is -0.831. The fraction of sp³-hybridized carbons (Fsp3) is 0.0800. The second-order valence-corrected chi connectivity index (χ2v) is 12.7. The molecular formula is C25H23ClIN3O5S2. The summed E-state index contributed by atoms with van der Waals surface area (Å²) in [6.07, 6.45) is -0.00764. The average Bonchev–Trinajstić information content (AvgIpc) is 2.84. The van der Waals surface area contributed by atoms with Gasteiger partial charge in [0.25, 0.3) is 10.0 Å². The number of benzene rings is 4. The van der Waals surface area contributed by atoms with Crippen LogP contribution in [0.1, 0.15) is 5.56 Å². The first-order valence-electron chi connectivity index (χ1n) is 10.7. The highest BCUT2D eigenvalue weighted by atomic mass is 127. The molecule has 37 heavy (non-hydrogen) atoms. The third-order valence-corrected chi connectivity index (χ3v) is 9.03. The molecule has 1 amide bonds. The van der Waals surface area contributed by atoms with Gasteiger partial charge in [0.05, 0.1) is 9.79 Å². The van der Waals surface area contributed by atoms with Crippen LogP contribution in [0.25, 0.3) is 10.8 Å². The third kappa shape index (κ3) is 7.20. The zero-order chi connectivity index (χ0) is 25.9. The van der Waals surface area contributed by atoms with Gasteiger partial charge in [0.15, 0.2) is 0 Å². The molecule has 0 bridgehead atoms. The molecule has 0 saturated heterocycles. The van der Waals surface area contributed by atoms with E-state index in [1.54, 1.807) is 36.4 Å². The summed E-state index contributed by atoms with van der Waals surface area (Å²) in [6.45, 7) is 0. The highest BCUT2D eigenvalue weighted by molar-refractivity contribution is 14.1. The van der Waals surface area contributed by atoms with Gasteiger partial charge in [0.2, 0.25) is 15.9 Å². The number of halogens is 2. The molecule has 1 unspecified atom stereocenters. The SMILES string of the molecule is Cl.NC(=O)C(Cc1ccc(NS(=O)(=O)c2ccc(I)cc2)cc1)NS(=O)(=O)c1ccc2ccccc2c1. The van der Waals surface area contributed by atoms with E-state index in [4.69, 9.17) is 5.73 Å². The number of amides is 1. The first-order valence-corrected chi connectivity index (χ1v) is 14.8. The van der Waals surface area contributed by atoms with Crippen LogP contribution in [0.2, 0.25) is 0 Å². The minimum absolute atomic E-state index is 0. The molecule has 4 aromatic rings. The van der Waals surface area contributed by atoms with Crippen molar-refractivity contribution in [2.24, 2.45) is 5.73 Å². The molecule has 4 rings (SSSR count). The number of hydrogen-bond donors (Lipinski definition) is 3. The summed E-state index contributed by atoms with van der Waals surface area (Å²) in [5.41, 5.74) is 6.41. The lowest BCUT2D eigenvalue weighted by Crippen LogP contribution is -2.45. The van der Waals surface area contributed by atoms with E-state index in [2.05, 4.69) is 32.0 Å². The highest BCUT2D eigenvalue weighted by Crippen LogP contribution is 2.21. The highest BCUT2D eigenvalue weighted by Gasteiger charge is 2.25. The molecule has 0 aliphatic heterocycles. The normalized spacial score (nSPS) is 12.5. The fourth-order valence-corrected chi connectivity index (χ4v) is 6.22. The zero-order valence-electron chi connectivity index (χ0n) is 19.2. The Morgan fingerprint density at radius 3 is 2.00 bits per heavy atom. The molecule has 12 heteroatoms. The van der Waals surface area contributed by atoms with E-state index in [9.17, 15) is 21.6 Å². The van der Waals surface area contributed by atoms with E-state index in [-0.39, 0.29) is 28.6 Å². The maximum atomic E-state index is 13.0. The van der Waals surface area contributed by atoms with E-state index in [0.29, 0.717) is 11.3 Å². The van der Waals surface area contributed by atoms with Crippen molar-refractivity contribution >= 4 is 77.4 Å². The number of sulfonamides is 2. The van der Waals surface area contributed by atoms with Crippen molar-refractivity contribution in [3.05, 3.63) is 100 Å². The minimum Gasteiger partial charge on any atom is -0.368 e. The van der Waals surface area contributed by atoms with Gasteiger partial charge in [0, 0.05) is 9.26 Å². The molecule has 0 saturated carbocycles. The number of nitrogens with two attached hydrogens (primary N) is 1. The van der Waals surface area contributed by atoms with Crippen LogP contribution in [0, 0.1) is 3.57 Å². The standard InChI is InChI=1S/C25H22IN3O5S2.ClH/c26-20-8-13-22(14-9-20)35(31,32)28-21-10-5-17(6-11-21)15-24(25(27)30)29-36(33,34)23-12-7-18-3-1-2-4-19(18)16-23;/h1-14,16,24,28-29H,15H2,(H2,27,30);1H. The lowest BCUT2D eigenvalue weighted by Gasteiger charge is -2.16. The van der Waals surface area contributed by atoms with Gasteiger partial charge in [0.1, 0.15) is 6.04 Å². The quantitative estimate of drug-likeness (QED) is 0.231. The molecule has 1 atom stereocenters. The second kappa shape index (κ2) is 11.8. The Hall–Kier alpha value is -2.71. The molecular weight excluding hydrogens is 649 g/mol. The van der Waals surface area contributed by atoms with Gasteiger partial charge in [-0.2, -0.15) is 4.72 Å². The molecule has 0 aliphatic rings. The van der Waals surface area contributed by atoms with Crippen LogP contribution in [0.3, 0.4) is 0 Å². The van der Waals surface area contributed by atoms with Crippen LogP contribution in [0.4, 0.5) is 5.69 Å². The van der Waals surface area contributed by atoms with Gasteiger partial charge in [-0.05, 0) is 93.9 Å². The van der Waals surface area contributed by atoms with Crippen molar-refractivity contribution in [3.8, 4) is 0 Å². The maximum Gasteiger partial charge on any atom is 0.261 e. The number of fused-ring (bicyclic) bond motifs is 1. The summed E-state index contributed by atoms with van der Waals surface area (Å²) in [4.78, 5) is 12.2. The minimum atomic E-state index is -4.03.